The summed E-state index contributed by atoms with van der Waals surface area (Å²) in [5.74, 6) is -0.130. The number of methoxy groups -OCH3 is 1. The minimum Gasteiger partial charge on any atom is -0.493 e. The maximum atomic E-state index is 12.7. The van der Waals surface area contributed by atoms with Gasteiger partial charge in [-0.15, -0.1) is 0 Å². The van der Waals surface area contributed by atoms with Crippen LogP contribution in [0.25, 0.3) is 6.08 Å². The van der Waals surface area contributed by atoms with E-state index < -0.39 is 29.3 Å². The van der Waals surface area contributed by atoms with Crippen LogP contribution in [0.15, 0.2) is 51.8 Å². The molecule has 1 heterocycles. The number of hydrogen-bond donors (Lipinski definition) is 0. The predicted octanol–water partition coefficient (Wildman–Crippen LogP) is 5.41. The molecule has 0 N–H and O–H groups in total. The van der Waals surface area contributed by atoms with Crippen molar-refractivity contribution in [1.29, 1.82) is 0 Å². The summed E-state index contributed by atoms with van der Waals surface area (Å²) in [6.07, 6.45) is 1.58. The largest absolute Gasteiger partial charge is 0.493 e. The standard InChI is InChI=1S/C24H24BrNO6S/c1-24(2,3)32-21(27)13-26-22(28)20(33-23(26)29)12-16-7-10-18(19(11-16)30-4)31-14-15-5-8-17(25)9-6-15/h5-12H,13-14H2,1-4H3. The molecule has 2 aromatic carbocycles. The molecule has 0 spiro atoms. The fourth-order valence-electron chi connectivity index (χ4n) is 2.93. The van der Waals surface area contributed by atoms with Crippen LogP contribution in [0.5, 0.6) is 11.5 Å². The second-order valence-corrected chi connectivity index (χ2v) is 10.1. The third-order valence-corrected chi connectivity index (χ3v) is 5.81. The van der Waals surface area contributed by atoms with Crippen molar-refractivity contribution in [2.24, 2.45) is 0 Å². The zero-order valence-electron chi connectivity index (χ0n) is 18.7. The quantitative estimate of drug-likeness (QED) is 0.347. The molecule has 0 aromatic heterocycles. The SMILES string of the molecule is COc1cc(C=C2SC(=O)N(CC(=O)OC(C)(C)C)C2=O)ccc1OCc1ccc(Br)cc1. The van der Waals surface area contributed by atoms with Crippen molar-refractivity contribution in [3.8, 4) is 11.5 Å². The second kappa shape index (κ2) is 10.4. The van der Waals surface area contributed by atoms with Gasteiger partial charge in [-0.2, -0.15) is 0 Å². The van der Waals surface area contributed by atoms with Crippen molar-refractivity contribution in [1.82, 2.24) is 4.90 Å². The molecule has 33 heavy (non-hydrogen) atoms. The maximum Gasteiger partial charge on any atom is 0.326 e. The normalized spacial score (nSPS) is 15.2. The predicted molar refractivity (Wildman–Crippen MR) is 130 cm³/mol. The van der Waals surface area contributed by atoms with Gasteiger partial charge in [0.05, 0.1) is 12.0 Å². The van der Waals surface area contributed by atoms with Crippen LogP contribution >= 0.6 is 27.7 Å². The number of halogens is 1. The smallest absolute Gasteiger partial charge is 0.326 e. The Kier molecular flexibility index (Phi) is 7.86. The van der Waals surface area contributed by atoms with Crippen LogP contribution in [0.1, 0.15) is 31.9 Å². The first-order valence-electron chi connectivity index (χ1n) is 10.1. The van der Waals surface area contributed by atoms with Crippen LogP contribution in [0, 0.1) is 0 Å². The monoisotopic (exact) mass is 533 g/mol. The first-order chi connectivity index (χ1) is 15.6. The van der Waals surface area contributed by atoms with E-state index in [2.05, 4.69) is 15.9 Å². The third-order valence-electron chi connectivity index (χ3n) is 4.37. The zero-order chi connectivity index (χ0) is 24.2. The molecule has 0 saturated carbocycles. The molecule has 174 valence electrons. The van der Waals surface area contributed by atoms with Crippen LogP contribution in [-0.4, -0.2) is 41.3 Å². The molecule has 9 heteroatoms. The van der Waals surface area contributed by atoms with Gasteiger partial charge >= 0.3 is 5.97 Å². The molecule has 0 radical (unpaired) electrons. The average molecular weight is 534 g/mol. The van der Waals surface area contributed by atoms with Crippen molar-refractivity contribution in [3.05, 3.63) is 63.0 Å². The van der Waals surface area contributed by atoms with E-state index in [0.29, 0.717) is 23.7 Å². The van der Waals surface area contributed by atoms with Crippen LogP contribution in [-0.2, 0) is 20.9 Å². The van der Waals surface area contributed by atoms with Crippen LogP contribution in [0.3, 0.4) is 0 Å². The average Bonchev–Trinajstić information content (AvgIpc) is 2.99. The fourth-order valence-corrected chi connectivity index (χ4v) is 4.03. The first-order valence-corrected chi connectivity index (χ1v) is 11.7. The molecular formula is C24H24BrNO6S. The first kappa shape index (κ1) is 24.9. The summed E-state index contributed by atoms with van der Waals surface area (Å²) in [6, 6.07) is 13.0. The summed E-state index contributed by atoms with van der Waals surface area (Å²) in [4.78, 5) is 38.1. The third kappa shape index (κ3) is 6.85. The van der Waals surface area contributed by atoms with Gasteiger partial charge in [0.1, 0.15) is 18.8 Å². The Morgan fingerprint density at radius 3 is 2.42 bits per heavy atom. The van der Waals surface area contributed by atoms with Gasteiger partial charge in [-0.05, 0) is 74.0 Å². The molecule has 3 rings (SSSR count). The zero-order valence-corrected chi connectivity index (χ0v) is 21.1. The van der Waals surface area contributed by atoms with E-state index in [0.717, 1.165) is 26.7 Å². The Balaban J connectivity index is 1.70. The van der Waals surface area contributed by atoms with Gasteiger partial charge in [-0.25, -0.2) is 0 Å². The van der Waals surface area contributed by atoms with E-state index >= 15 is 0 Å². The second-order valence-electron chi connectivity index (χ2n) is 8.18. The summed E-state index contributed by atoms with van der Waals surface area (Å²) in [5.41, 5.74) is 0.959. The molecule has 1 aliphatic heterocycles. The Morgan fingerprint density at radius 2 is 1.79 bits per heavy atom. The number of nitrogens with zero attached hydrogens (tertiary/aromatic N) is 1. The summed E-state index contributed by atoms with van der Waals surface area (Å²) < 4.78 is 17.5. The van der Waals surface area contributed by atoms with Crippen LogP contribution < -0.4 is 9.47 Å². The fraction of sp³-hybridized carbons (Fsp3) is 0.292. The van der Waals surface area contributed by atoms with E-state index in [-0.39, 0.29) is 4.91 Å². The molecule has 0 unspecified atom stereocenters. The number of hydrogen-bond acceptors (Lipinski definition) is 7. The van der Waals surface area contributed by atoms with Gasteiger partial charge in [-0.1, -0.05) is 34.1 Å². The lowest BCUT2D eigenvalue weighted by atomic mass is 10.1. The Morgan fingerprint density at radius 1 is 1.09 bits per heavy atom. The van der Waals surface area contributed by atoms with Crippen molar-refractivity contribution < 1.29 is 28.6 Å². The Labute approximate surface area is 205 Å². The lowest BCUT2D eigenvalue weighted by Gasteiger charge is -2.21. The van der Waals surface area contributed by atoms with Gasteiger partial charge in [-0.3, -0.25) is 19.3 Å². The highest BCUT2D eigenvalue weighted by Crippen LogP contribution is 2.35. The molecule has 1 saturated heterocycles. The molecular weight excluding hydrogens is 510 g/mol. The number of rotatable bonds is 7. The topological polar surface area (TPSA) is 82.1 Å². The summed E-state index contributed by atoms with van der Waals surface area (Å²) >= 11 is 4.18. The van der Waals surface area contributed by atoms with Crippen molar-refractivity contribution in [2.45, 2.75) is 33.0 Å². The number of carbonyl (C=O) groups excluding carboxylic acids is 3. The highest BCUT2D eigenvalue weighted by Gasteiger charge is 2.37. The van der Waals surface area contributed by atoms with Crippen molar-refractivity contribution in [3.63, 3.8) is 0 Å². The molecule has 0 atom stereocenters. The molecule has 1 aliphatic rings. The number of esters is 1. The van der Waals surface area contributed by atoms with Gasteiger partial charge < -0.3 is 14.2 Å². The van der Waals surface area contributed by atoms with Gasteiger partial charge in [0.2, 0.25) is 0 Å². The number of imide groups is 1. The number of amides is 2. The van der Waals surface area contributed by atoms with E-state index in [4.69, 9.17) is 14.2 Å². The number of benzene rings is 2. The van der Waals surface area contributed by atoms with E-state index in [1.54, 1.807) is 45.0 Å². The lowest BCUT2D eigenvalue weighted by Crippen LogP contribution is -2.37. The van der Waals surface area contributed by atoms with Crippen LogP contribution in [0.2, 0.25) is 0 Å². The lowest BCUT2D eigenvalue weighted by molar-refractivity contribution is -0.156. The summed E-state index contributed by atoms with van der Waals surface area (Å²) in [6.45, 7) is 5.10. The minimum atomic E-state index is -0.702. The van der Waals surface area contributed by atoms with Gasteiger partial charge in [0.25, 0.3) is 11.1 Å². The number of ether oxygens (including phenoxy) is 3. The van der Waals surface area contributed by atoms with E-state index in [1.807, 2.05) is 24.3 Å². The summed E-state index contributed by atoms with van der Waals surface area (Å²) in [5, 5.41) is -0.515. The highest BCUT2D eigenvalue weighted by atomic mass is 79.9. The van der Waals surface area contributed by atoms with E-state index in [9.17, 15) is 14.4 Å². The maximum absolute atomic E-state index is 12.7. The molecule has 1 fully saturated rings. The summed E-state index contributed by atoms with van der Waals surface area (Å²) in [7, 11) is 1.53. The molecule has 0 bridgehead atoms. The van der Waals surface area contributed by atoms with Crippen molar-refractivity contribution in [2.75, 3.05) is 13.7 Å². The molecule has 0 aliphatic carbocycles. The van der Waals surface area contributed by atoms with Crippen LogP contribution in [0.4, 0.5) is 4.79 Å². The number of thioether (sulfide) groups is 1. The molecule has 7 nitrogen and oxygen atoms in total. The van der Waals surface area contributed by atoms with Crippen molar-refractivity contribution >= 4 is 50.9 Å². The number of carbonyl (C=O) groups is 3. The van der Waals surface area contributed by atoms with E-state index in [1.165, 1.54) is 7.11 Å². The van der Waals surface area contributed by atoms with Gasteiger partial charge in [0, 0.05) is 4.47 Å². The highest BCUT2D eigenvalue weighted by molar-refractivity contribution is 9.10. The van der Waals surface area contributed by atoms with Gasteiger partial charge in [0.15, 0.2) is 11.5 Å². The Bertz CT molecular complexity index is 1090. The molecule has 2 amide bonds. The Hall–Kier alpha value is -2.78. The molecule has 2 aromatic rings. The minimum absolute atomic E-state index is 0.217.